The zero-order chi connectivity index (χ0) is 15.5. The van der Waals surface area contributed by atoms with Gasteiger partial charge in [-0.25, -0.2) is 0 Å². The Hall–Kier alpha value is -0.690. The van der Waals surface area contributed by atoms with Gasteiger partial charge in [-0.1, -0.05) is 20.8 Å². The zero-order valence-corrected chi connectivity index (χ0v) is 13.4. The largest absolute Gasteiger partial charge is 0.379 e. The molecule has 0 saturated carbocycles. The SMILES string of the molecule is CC.CCCOCCOCCOCCOCC(=O)NC. The average Bonchev–Trinajstić information content (AvgIpc) is 2.50. The van der Waals surface area contributed by atoms with E-state index in [0.717, 1.165) is 13.0 Å². The molecule has 0 spiro atoms. The molecule has 0 unspecified atom stereocenters. The highest BCUT2D eigenvalue weighted by atomic mass is 16.6. The lowest BCUT2D eigenvalue weighted by Crippen LogP contribution is -2.24. The molecule has 0 rings (SSSR count). The predicted octanol–water partition coefficient (Wildman–Crippen LogP) is 1.24. The number of hydrogen-bond donors (Lipinski definition) is 1. The van der Waals surface area contributed by atoms with Crippen molar-refractivity contribution in [1.82, 2.24) is 5.32 Å². The van der Waals surface area contributed by atoms with Crippen molar-refractivity contribution < 1.29 is 23.7 Å². The van der Waals surface area contributed by atoms with Crippen LogP contribution in [0.3, 0.4) is 0 Å². The fourth-order valence-electron chi connectivity index (χ4n) is 1.04. The fourth-order valence-corrected chi connectivity index (χ4v) is 1.04. The van der Waals surface area contributed by atoms with Crippen LogP contribution in [0.1, 0.15) is 27.2 Å². The van der Waals surface area contributed by atoms with Crippen LogP contribution in [-0.2, 0) is 23.7 Å². The summed E-state index contributed by atoms with van der Waals surface area (Å²) in [5.74, 6) is -0.134. The quantitative estimate of drug-likeness (QED) is 0.517. The van der Waals surface area contributed by atoms with E-state index >= 15 is 0 Å². The molecular weight excluding hydrogens is 262 g/mol. The summed E-state index contributed by atoms with van der Waals surface area (Å²) in [6.07, 6.45) is 1.03. The predicted molar refractivity (Wildman–Crippen MR) is 79.0 cm³/mol. The number of carbonyl (C=O) groups is 1. The molecule has 0 atom stereocenters. The number of rotatable bonds is 13. The summed E-state index contributed by atoms with van der Waals surface area (Å²) >= 11 is 0. The molecule has 1 amide bonds. The van der Waals surface area contributed by atoms with Gasteiger partial charge in [0.05, 0.1) is 39.6 Å². The van der Waals surface area contributed by atoms with Gasteiger partial charge in [0.1, 0.15) is 6.61 Å². The number of amides is 1. The molecule has 0 saturated heterocycles. The van der Waals surface area contributed by atoms with E-state index in [1.165, 1.54) is 0 Å². The Morgan fingerprint density at radius 2 is 1.20 bits per heavy atom. The van der Waals surface area contributed by atoms with Gasteiger partial charge in [0.2, 0.25) is 5.91 Å². The molecule has 0 aliphatic carbocycles. The summed E-state index contributed by atoms with van der Waals surface area (Å²) in [4.78, 5) is 10.8. The first kappa shape index (κ1) is 21.6. The highest BCUT2D eigenvalue weighted by Crippen LogP contribution is 1.84. The molecule has 0 aromatic heterocycles. The Labute approximate surface area is 123 Å². The Balaban J connectivity index is 0. The number of hydrogen-bond acceptors (Lipinski definition) is 5. The minimum atomic E-state index is -0.134. The lowest BCUT2D eigenvalue weighted by atomic mass is 10.5. The minimum absolute atomic E-state index is 0.0745. The van der Waals surface area contributed by atoms with Crippen molar-refractivity contribution in [2.45, 2.75) is 27.2 Å². The van der Waals surface area contributed by atoms with E-state index in [9.17, 15) is 4.79 Å². The van der Waals surface area contributed by atoms with Gasteiger partial charge in [-0.3, -0.25) is 4.79 Å². The van der Waals surface area contributed by atoms with Crippen LogP contribution in [0.4, 0.5) is 0 Å². The molecule has 0 fully saturated rings. The molecule has 0 aliphatic rings. The second kappa shape index (κ2) is 20.6. The maximum Gasteiger partial charge on any atom is 0.245 e. The van der Waals surface area contributed by atoms with Gasteiger partial charge in [-0.2, -0.15) is 0 Å². The minimum Gasteiger partial charge on any atom is -0.379 e. The van der Waals surface area contributed by atoms with Crippen molar-refractivity contribution in [1.29, 1.82) is 0 Å². The van der Waals surface area contributed by atoms with Crippen LogP contribution >= 0.6 is 0 Å². The van der Waals surface area contributed by atoms with Gasteiger partial charge in [0.25, 0.3) is 0 Å². The maximum absolute atomic E-state index is 10.8. The Morgan fingerprint density at radius 3 is 1.60 bits per heavy atom. The molecule has 6 heteroatoms. The highest BCUT2D eigenvalue weighted by Gasteiger charge is 1.96. The first-order valence-electron chi connectivity index (χ1n) is 7.32. The number of ether oxygens (including phenoxy) is 4. The highest BCUT2D eigenvalue weighted by molar-refractivity contribution is 5.76. The van der Waals surface area contributed by atoms with E-state index < -0.39 is 0 Å². The van der Waals surface area contributed by atoms with Gasteiger partial charge in [-0.15, -0.1) is 0 Å². The lowest BCUT2D eigenvalue weighted by Gasteiger charge is -2.06. The zero-order valence-electron chi connectivity index (χ0n) is 13.4. The van der Waals surface area contributed by atoms with Crippen molar-refractivity contribution >= 4 is 5.91 Å². The van der Waals surface area contributed by atoms with Crippen LogP contribution in [0.5, 0.6) is 0 Å². The summed E-state index contributed by atoms with van der Waals surface area (Å²) in [6, 6.07) is 0. The van der Waals surface area contributed by atoms with Gasteiger partial charge in [0.15, 0.2) is 0 Å². The molecule has 0 aromatic carbocycles. The Bertz CT molecular complexity index is 190. The third kappa shape index (κ3) is 19.6. The van der Waals surface area contributed by atoms with Crippen LogP contribution in [0, 0.1) is 0 Å². The summed E-state index contributed by atoms with van der Waals surface area (Å²) in [6.45, 7) is 10.1. The van der Waals surface area contributed by atoms with E-state index in [4.69, 9.17) is 18.9 Å². The molecule has 1 N–H and O–H groups in total. The van der Waals surface area contributed by atoms with Crippen molar-refractivity contribution in [2.24, 2.45) is 0 Å². The number of likely N-dealkylation sites (N-methyl/N-ethyl adjacent to an activating group) is 1. The number of carbonyl (C=O) groups excluding carboxylic acids is 1. The molecule has 20 heavy (non-hydrogen) atoms. The van der Waals surface area contributed by atoms with Crippen molar-refractivity contribution in [3.8, 4) is 0 Å². The fraction of sp³-hybridized carbons (Fsp3) is 0.929. The molecule has 122 valence electrons. The third-order valence-corrected chi connectivity index (χ3v) is 1.98. The molecule has 0 aliphatic heterocycles. The first-order valence-corrected chi connectivity index (χ1v) is 7.32. The molecule has 0 aromatic rings. The lowest BCUT2D eigenvalue weighted by molar-refractivity contribution is -0.125. The maximum atomic E-state index is 10.8. The van der Waals surface area contributed by atoms with E-state index in [1.807, 2.05) is 13.8 Å². The van der Waals surface area contributed by atoms with E-state index in [1.54, 1.807) is 7.05 Å². The summed E-state index contributed by atoms with van der Waals surface area (Å²) in [5, 5.41) is 2.47. The smallest absolute Gasteiger partial charge is 0.245 e. The third-order valence-electron chi connectivity index (χ3n) is 1.98. The van der Waals surface area contributed by atoms with Crippen LogP contribution < -0.4 is 5.32 Å². The van der Waals surface area contributed by atoms with Gasteiger partial charge >= 0.3 is 0 Å². The summed E-state index contributed by atoms with van der Waals surface area (Å²) in [5.41, 5.74) is 0. The summed E-state index contributed by atoms with van der Waals surface area (Å²) in [7, 11) is 1.57. The van der Waals surface area contributed by atoms with Crippen molar-refractivity contribution in [3.05, 3.63) is 0 Å². The van der Waals surface area contributed by atoms with Gasteiger partial charge < -0.3 is 24.3 Å². The average molecular weight is 293 g/mol. The van der Waals surface area contributed by atoms with E-state index in [2.05, 4.69) is 12.2 Å². The first-order chi connectivity index (χ1) is 9.81. The van der Waals surface area contributed by atoms with E-state index in [0.29, 0.717) is 39.6 Å². The van der Waals surface area contributed by atoms with Gasteiger partial charge in [-0.05, 0) is 6.42 Å². The normalized spacial score (nSPS) is 9.80. The van der Waals surface area contributed by atoms with Crippen LogP contribution in [0.15, 0.2) is 0 Å². The molecular formula is C14H31NO5. The monoisotopic (exact) mass is 293 g/mol. The number of nitrogens with one attached hydrogen (secondary N) is 1. The van der Waals surface area contributed by atoms with Crippen LogP contribution in [0.2, 0.25) is 0 Å². The van der Waals surface area contributed by atoms with Gasteiger partial charge in [0, 0.05) is 13.7 Å². The van der Waals surface area contributed by atoms with Crippen LogP contribution in [-0.4, -0.2) is 65.8 Å². The molecule has 0 bridgehead atoms. The summed E-state index contributed by atoms with van der Waals surface area (Å²) < 4.78 is 20.9. The molecule has 0 radical (unpaired) electrons. The second-order valence-electron chi connectivity index (χ2n) is 3.56. The van der Waals surface area contributed by atoms with Crippen molar-refractivity contribution in [2.75, 3.05) is 59.9 Å². The second-order valence-corrected chi connectivity index (χ2v) is 3.56. The molecule has 0 heterocycles. The Kier molecular flexibility index (Phi) is 22.3. The standard InChI is InChI=1S/C12H25NO5.C2H6/c1-3-4-15-5-6-16-7-8-17-9-10-18-11-12(14)13-2;1-2/h3-11H2,1-2H3,(H,13,14);1-2H3. The Morgan fingerprint density at radius 1 is 0.800 bits per heavy atom. The van der Waals surface area contributed by atoms with E-state index in [-0.39, 0.29) is 12.5 Å². The van der Waals surface area contributed by atoms with Crippen molar-refractivity contribution in [3.63, 3.8) is 0 Å². The van der Waals surface area contributed by atoms with Crippen LogP contribution in [0.25, 0.3) is 0 Å². The molecule has 6 nitrogen and oxygen atoms in total. The topological polar surface area (TPSA) is 66.0 Å².